The van der Waals surface area contributed by atoms with Gasteiger partial charge in [0, 0.05) is 4.47 Å². The lowest BCUT2D eigenvalue weighted by atomic mass is 9.93. The van der Waals surface area contributed by atoms with Crippen LogP contribution >= 0.6 is 15.9 Å². The Morgan fingerprint density at radius 3 is 2.38 bits per heavy atom. The Morgan fingerprint density at radius 2 is 1.76 bits per heavy atom. The summed E-state index contributed by atoms with van der Waals surface area (Å²) in [5.41, 5.74) is 8.67. The zero-order valence-corrected chi connectivity index (χ0v) is 14.4. The van der Waals surface area contributed by atoms with E-state index in [1.54, 1.807) is 7.11 Å². The van der Waals surface area contributed by atoms with Crippen molar-refractivity contribution in [2.75, 3.05) is 7.11 Å². The van der Waals surface area contributed by atoms with Crippen molar-refractivity contribution in [3.05, 3.63) is 62.6 Å². The van der Waals surface area contributed by atoms with Gasteiger partial charge in [0.25, 0.3) is 0 Å². The molecular weight excluding hydrogens is 328 g/mol. The highest BCUT2D eigenvalue weighted by Gasteiger charge is 2.19. The minimum atomic E-state index is -0.0659. The predicted molar refractivity (Wildman–Crippen MR) is 90.5 cm³/mol. The molecule has 0 amide bonds. The molecule has 0 radical (unpaired) electrons. The molecule has 0 aliphatic heterocycles. The Hall–Kier alpha value is -1.36. The highest BCUT2D eigenvalue weighted by molar-refractivity contribution is 9.10. The van der Waals surface area contributed by atoms with Gasteiger partial charge in [-0.1, -0.05) is 39.7 Å². The van der Waals surface area contributed by atoms with E-state index < -0.39 is 0 Å². The lowest BCUT2D eigenvalue weighted by Crippen LogP contribution is -2.29. The van der Waals surface area contributed by atoms with Crippen molar-refractivity contribution in [3.63, 3.8) is 0 Å². The summed E-state index contributed by atoms with van der Waals surface area (Å²) in [5, 5.41) is 0. The van der Waals surface area contributed by atoms with Gasteiger partial charge in [-0.05, 0) is 55.2 Å². The number of hydrazine groups is 1. The summed E-state index contributed by atoms with van der Waals surface area (Å²) in [6.07, 6.45) is 0. The fourth-order valence-electron chi connectivity index (χ4n) is 2.57. The second-order valence-electron chi connectivity index (χ2n) is 5.30. The molecule has 0 saturated heterocycles. The van der Waals surface area contributed by atoms with E-state index in [0.717, 1.165) is 32.5 Å². The molecule has 2 aromatic carbocycles. The smallest absolute Gasteiger partial charge is 0.122 e. The van der Waals surface area contributed by atoms with Crippen LogP contribution in [0.15, 0.2) is 34.8 Å². The Bertz CT molecular complexity index is 655. The second-order valence-corrected chi connectivity index (χ2v) is 6.16. The van der Waals surface area contributed by atoms with Crippen molar-refractivity contribution in [1.29, 1.82) is 0 Å². The van der Waals surface area contributed by atoms with Crippen LogP contribution in [0, 0.1) is 20.8 Å². The predicted octanol–water partition coefficient (Wildman–Crippen LogP) is 3.94. The Labute approximate surface area is 134 Å². The molecule has 0 aliphatic carbocycles. The van der Waals surface area contributed by atoms with E-state index in [0.29, 0.717) is 0 Å². The van der Waals surface area contributed by atoms with Gasteiger partial charge in [-0.3, -0.25) is 5.84 Å². The first-order chi connectivity index (χ1) is 9.97. The van der Waals surface area contributed by atoms with E-state index in [4.69, 9.17) is 10.6 Å². The highest BCUT2D eigenvalue weighted by Crippen LogP contribution is 2.33. The van der Waals surface area contributed by atoms with E-state index in [1.165, 1.54) is 5.56 Å². The van der Waals surface area contributed by atoms with Gasteiger partial charge < -0.3 is 4.74 Å². The molecule has 1 unspecified atom stereocenters. The van der Waals surface area contributed by atoms with Gasteiger partial charge in [0.1, 0.15) is 5.75 Å². The third-order valence-electron chi connectivity index (χ3n) is 3.72. The summed E-state index contributed by atoms with van der Waals surface area (Å²) in [5.74, 6) is 6.74. The second kappa shape index (κ2) is 6.60. The molecule has 0 aromatic heterocycles. The molecule has 4 heteroatoms. The summed E-state index contributed by atoms with van der Waals surface area (Å²) in [4.78, 5) is 0. The van der Waals surface area contributed by atoms with E-state index in [9.17, 15) is 0 Å². The largest absolute Gasteiger partial charge is 0.496 e. The molecule has 112 valence electrons. The summed E-state index contributed by atoms with van der Waals surface area (Å²) in [7, 11) is 1.69. The minimum absolute atomic E-state index is 0.0659. The topological polar surface area (TPSA) is 47.3 Å². The number of rotatable bonds is 4. The molecule has 0 spiro atoms. The monoisotopic (exact) mass is 348 g/mol. The molecule has 0 fully saturated rings. The lowest BCUT2D eigenvalue weighted by Gasteiger charge is -2.22. The summed E-state index contributed by atoms with van der Waals surface area (Å²) >= 11 is 3.62. The summed E-state index contributed by atoms with van der Waals surface area (Å²) in [6, 6.07) is 10.4. The van der Waals surface area contributed by atoms with Crippen LogP contribution in [-0.2, 0) is 0 Å². The number of nitrogens with two attached hydrogens (primary N) is 1. The van der Waals surface area contributed by atoms with Crippen molar-refractivity contribution in [2.45, 2.75) is 26.8 Å². The first-order valence-electron chi connectivity index (χ1n) is 6.85. The fourth-order valence-corrected chi connectivity index (χ4v) is 3.05. The lowest BCUT2D eigenvalue weighted by molar-refractivity contribution is 0.411. The SMILES string of the molecule is COc1cc(C)c(C(NN)c2cc(C)ccc2Br)cc1C. The molecule has 3 nitrogen and oxygen atoms in total. The Kier molecular flexibility index (Phi) is 5.04. The molecule has 3 N–H and O–H groups in total. The average molecular weight is 349 g/mol. The van der Waals surface area contributed by atoms with Gasteiger partial charge in [0.2, 0.25) is 0 Å². The first kappa shape index (κ1) is 16.0. The van der Waals surface area contributed by atoms with Crippen LogP contribution in [0.1, 0.15) is 33.9 Å². The fraction of sp³-hybridized carbons (Fsp3) is 0.294. The number of hydrogen-bond donors (Lipinski definition) is 2. The van der Waals surface area contributed by atoms with Crippen LogP contribution in [0.5, 0.6) is 5.75 Å². The standard InChI is InChI=1S/C17H21BrN2O/c1-10-5-6-15(18)14(7-10)17(20-19)13-8-12(3)16(21-4)9-11(13)2/h5-9,17,20H,19H2,1-4H3. The molecule has 0 heterocycles. The molecule has 0 saturated carbocycles. The highest BCUT2D eigenvalue weighted by atomic mass is 79.9. The zero-order valence-electron chi connectivity index (χ0n) is 12.8. The van der Waals surface area contributed by atoms with Crippen molar-refractivity contribution in [2.24, 2.45) is 5.84 Å². The van der Waals surface area contributed by atoms with Crippen LogP contribution in [0.2, 0.25) is 0 Å². The van der Waals surface area contributed by atoms with Gasteiger partial charge >= 0.3 is 0 Å². The third-order valence-corrected chi connectivity index (χ3v) is 4.45. The maximum absolute atomic E-state index is 5.84. The van der Waals surface area contributed by atoms with Gasteiger partial charge in [0.15, 0.2) is 0 Å². The molecular formula is C17H21BrN2O. The van der Waals surface area contributed by atoms with Crippen LogP contribution in [-0.4, -0.2) is 7.11 Å². The van der Waals surface area contributed by atoms with Crippen molar-refractivity contribution in [3.8, 4) is 5.75 Å². The van der Waals surface area contributed by atoms with Gasteiger partial charge in [-0.15, -0.1) is 0 Å². The maximum atomic E-state index is 5.84. The van der Waals surface area contributed by atoms with Gasteiger partial charge in [-0.2, -0.15) is 0 Å². The van der Waals surface area contributed by atoms with E-state index in [-0.39, 0.29) is 6.04 Å². The van der Waals surface area contributed by atoms with Crippen LogP contribution in [0.4, 0.5) is 0 Å². The molecule has 2 aromatic rings. The number of ether oxygens (including phenoxy) is 1. The van der Waals surface area contributed by atoms with Crippen molar-refractivity contribution in [1.82, 2.24) is 5.43 Å². The van der Waals surface area contributed by atoms with Crippen LogP contribution in [0.25, 0.3) is 0 Å². The summed E-state index contributed by atoms with van der Waals surface area (Å²) < 4.78 is 6.43. The molecule has 0 aliphatic rings. The summed E-state index contributed by atoms with van der Waals surface area (Å²) in [6.45, 7) is 6.20. The molecule has 2 rings (SSSR count). The van der Waals surface area contributed by atoms with Crippen LogP contribution in [0.3, 0.4) is 0 Å². The van der Waals surface area contributed by atoms with E-state index >= 15 is 0 Å². The van der Waals surface area contributed by atoms with E-state index in [2.05, 4.69) is 65.5 Å². The number of aryl methyl sites for hydroxylation is 3. The maximum Gasteiger partial charge on any atom is 0.122 e. The number of benzene rings is 2. The Balaban J connectivity index is 2.56. The third kappa shape index (κ3) is 3.28. The van der Waals surface area contributed by atoms with E-state index in [1.807, 2.05) is 6.92 Å². The van der Waals surface area contributed by atoms with Crippen molar-refractivity contribution >= 4 is 15.9 Å². The van der Waals surface area contributed by atoms with Crippen molar-refractivity contribution < 1.29 is 4.74 Å². The van der Waals surface area contributed by atoms with Gasteiger partial charge in [0.05, 0.1) is 13.2 Å². The molecule has 21 heavy (non-hydrogen) atoms. The first-order valence-corrected chi connectivity index (χ1v) is 7.64. The number of nitrogens with one attached hydrogen (secondary N) is 1. The average Bonchev–Trinajstić information content (AvgIpc) is 2.46. The number of hydrogen-bond acceptors (Lipinski definition) is 3. The normalized spacial score (nSPS) is 12.3. The minimum Gasteiger partial charge on any atom is -0.496 e. The number of halogens is 1. The number of methoxy groups -OCH3 is 1. The quantitative estimate of drug-likeness (QED) is 0.649. The molecule has 0 bridgehead atoms. The van der Waals surface area contributed by atoms with Gasteiger partial charge in [-0.25, -0.2) is 5.43 Å². The Morgan fingerprint density at radius 1 is 1.05 bits per heavy atom. The van der Waals surface area contributed by atoms with Crippen LogP contribution < -0.4 is 16.0 Å². The molecule has 1 atom stereocenters. The zero-order chi connectivity index (χ0) is 15.6.